The molecule has 0 aliphatic rings. The Kier molecular flexibility index (Phi) is 22.4. The van der Waals surface area contributed by atoms with E-state index in [2.05, 4.69) is 57.9 Å². The molecule has 0 heterocycles. The molecule has 0 aromatic heterocycles. The highest BCUT2D eigenvalue weighted by Gasteiger charge is 2.21. The van der Waals surface area contributed by atoms with E-state index in [-0.39, 0.29) is 15.6 Å². The van der Waals surface area contributed by atoms with Crippen LogP contribution in [0.1, 0.15) is 60.8 Å². The Balaban J connectivity index is 3.60. The van der Waals surface area contributed by atoms with Gasteiger partial charge in [-0.15, -0.1) is 12.6 Å². The maximum atomic E-state index is 11.8. The number of nitrogens with one attached hydrogen (secondary N) is 2. The number of carbonyl (C=O) groups excluding carboxylic acids is 1. The molecule has 0 fully saturated rings. The topological polar surface area (TPSA) is 87.3 Å². The fourth-order valence-electron chi connectivity index (χ4n) is 2.38. The maximum Gasteiger partial charge on any atom is 0.407 e. The number of thiol groups is 1. The van der Waals surface area contributed by atoms with Crippen LogP contribution in [0.4, 0.5) is 4.79 Å². The van der Waals surface area contributed by atoms with Gasteiger partial charge in [-0.25, -0.2) is 4.79 Å². The van der Waals surface area contributed by atoms with Gasteiger partial charge in [0.25, 0.3) is 0 Å². The zero-order valence-corrected chi connectivity index (χ0v) is 24.5. The summed E-state index contributed by atoms with van der Waals surface area (Å²) in [5.41, 5.74) is 0.0798. The van der Waals surface area contributed by atoms with Crippen molar-refractivity contribution in [3.63, 3.8) is 0 Å². The molecule has 34 heavy (non-hydrogen) atoms. The molecule has 2 unspecified atom stereocenters. The first-order valence-electron chi connectivity index (χ1n) is 12.2. The van der Waals surface area contributed by atoms with E-state index in [0.717, 1.165) is 32.4 Å². The summed E-state index contributed by atoms with van der Waals surface area (Å²) in [6, 6.07) is 0.464. The Labute approximate surface area is 220 Å². The molecule has 0 aromatic rings. The van der Waals surface area contributed by atoms with Gasteiger partial charge in [0.05, 0.1) is 38.5 Å². The minimum Gasteiger partial charge on any atom is -0.450 e. The van der Waals surface area contributed by atoms with Crippen molar-refractivity contribution in [2.45, 2.75) is 82.5 Å². The second kappa shape index (κ2) is 22.3. The van der Waals surface area contributed by atoms with E-state index in [1.165, 1.54) is 0 Å². The quantitative estimate of drug-likeness (QED) is 0.0731. The van der Waals surface area contributed by atoms with Crippen LogP contribution in [0.25, 0.3) is 0 Å². The molecule has 204 valence electrons. The lowest BCUT2D eigenvalue weighted by Crippen LogP contribution is -2.30. The molecule has 0 bridgehead atoms. The van der Waals surface area contributed by atoms with Crippen LogP contribution in [-0.4, -0.2) is 87.1 Å². The van der Waals surface area contributed by atoms with Crippen LogP contribution in [0, 0.1) is 0 Å². The summed E-state index contributed by atoms with van der Waals surface area (Å²) in [6.07, 6.45) is 2.28. The van der Waals surface area contributed by atoms with Crippen molar-refractivity contribution >= 4 is 40.3 Å². The largest absolute Gasteiger partial charge is 0.450 e. The van der Waals surface area contributed by atoms with Crippen molar-refractivity contribution in [3.05, 3.63) is 0 Å². The molecule has 0 aromatic carbocycles. The normalized spacial score (nSPS) is 13.8. The van der Waals surface area contributed by atoms with Crippen molar-refractivity contribution in [1.29, 1.82) is 0 Å². The molecule has 1 amide bonds. The van der Waals surface area contributed by atoms with Gasteiger partial charge in [-0.2, -0.15) is 0 Å². The van der Waals surface area contributed by atoms with Gasteiger partial charge >= 0.3 is 6.09 Å². The van der Waals surface area contributed by atoms with Gasteiger partial charge in [0.1, 0.15) is 5.44 Å². The Morgan fingerprint density at radius 2 is 1.50 bits per heavy atom. The fourth-order valence-corrected chi connectivity index (χ4v) is 4.81. The molecule has 0 rings (SSSR count). The molecule has 0 saturated carbocycles. The molecular formula is C23H48N2O6S3. The first-order chi connectivity index (χ1) is 16.1. The van der Waals surface area contributed by atoms with Crippen molar-refractivity contribution in [1.82, 2.24) is 10.6 Å². The number of unbranched alkanes of at least 4 members (excludes halogenated alkanes) is 1. The SMILES string of the molecule is CC(C)NCCOCCOCCNC(=O)OCCC(C)(C)SSC(C)OCCCCOC(C)S. The van der Waals surface area contributed by atoms with Crippen LogP contribution < -0.4 is 10.6 Å². The van der Waals surface area contributed by atoms with Gasteiger partial charge < -0.3 is 34.3 Å². The van der Waals surface area contributed by atoms with Crippen molar-refractivity contribution in [2.24, 2.45) is 0 Å². The highest BCUT2D eigenvalue weighted by Crippen LogP contribution is 2.40. The molecule has 2 atom stereocenters. The third-order valence-electron chi connectivity index (χ3n) is 4.28. The van der Waals surface area contributed by atoms with Crippen LogP contribution in [0.5, 0.6) is 0 Å². The van der Waals surface area contributed by atoms with Crippen LogP contribution in [-0.2, 0) is 23.7 Å². The van der Waals surface area contributed by atoms with Crippen LogP contribution in [0.15, 0.2) is 0 Å². The molecule has 0 saturated heterocycles. The van der Waals surface area contributed by atoms with Gasteiger partial charge in [-0.1, -0.05) is 35.4 Å². The molecule has 0 aliphatic heterocycles. The fraction of sp³-hybridized carbons (Fsp3) is 0.957. The standard InChI is InChI=1S/C23H48N2O6S3/c1-19(2)24-10-15-27-17-18-28-16-11-25-22(26)31-14-9-23(5,6)34-33-21(4)30-13-8-7-12-29-20(3)32/h19-21,24,32H,7-18H2,1-6H3,(H,25,26). The Morgan fingerprint density at radius 3 is 2.12 bits per heavy atom. The molecular weight excluding hydrogens is 496 g/mol. The summed E-state index contributed by atoms with van der Waals surface area (Å²) >= 11 is 4.19. The number of alkyl carbamates (subject to hydrolysis) is 1. The average Bonchev–Trinajstić information content (AvgIpc) is 2.75. The number of amides is 1. The maximum absolute atomic E-state index is 11.8. The van der Waals surface area contributed by atoms with Gasteiger partial charge in [0.2, 0.25) is 0 Å². The smallest absolute Gasteiger partial charge is 0.407 e. The van der Waals surface area contributed by atoms with Gasteiger partial charge in [-0.3, -0.25) is 0 Å². The van der Waals surface area contributed by atoms with Crippen molar-refractivity contribution < 1.29 is 28.5 Å². The first-order valence-corrected chi connectivity index (χ1v) is 14.9. The Bertz CT molecular complexity index is 488. The summed E-state index contributed by atoms with van der Waals surface area (Å²) in [6.45, 7) is 17.6. The predicted octanol–water partition coefficient (Wildman–Crippen LogP) is 4.73. The number of rotatable bonds is 23. The minimum atomic E-state index is -0.416. The van der Waals surface area contributed by atoms with Gasteiger partial charge in [0, 0.05) is 37.1 Å². The molecule has 0 radical (unpaired) electrons. The zero-order valence-electron chi connectivity index (χ0n) is 21.9. The van der Waals surface area contributed by atoms with E-state index in [1.54, 1.807) is 21.6 Å². The highest BCUT2D eigenvalue weighted by molar-refractivity contribution is 8.77. The first kappa shape index (κ1) is 34.1. The summed E-state index contributed by atoms with van der Waals surface area (Å²) in [4.78, 5) is 11.8. The second-order valence-electron chi connectivity index (χ2n) is 8.70. The van der Waals surface area contributed by atoms with Gasteiger partial charge in [-0.05, 0) is 47.0 Å². The van der Waals surface area contributed by atoms with E-state index in [9.17, 15) is 4.79 Å². The van der Waals surface area contributed by atoms with E-state index in [0.29, 0.717) is 52.2 Å². The molecule has 2 N–H and O–H groups in total. The monoisotopic (exact) mass is 544 g/mol. The number of hydrogen-bond donors (Lipinski definition) is 3. The Morgan fingerprint density at radius 1 is 0.882 bits per heavy atom. The third-order valence-corrected chi connectivity index (χ3v) is 8.05. The zero-order chi connectivity index (χ0) is 25.7. The second-order valence-corrected chi connectivity index (χ2v) is 12.6. The molecule has 11 heteroatoms. The summed E-state index contributed by atoms with van der Waals surface area (Å²) in [5, 5.41) is 5.99. The number of carbonyl (C=O) groups is 1. The minimum absolute atomic E-state index is 0.0177. The Hall–Kier alpha value is 0.120. The molecule has 0 aliphatic carbocycles. The predicted molar refractivity (Wildman–Crippen MR) is 147 cm³/mol. The van der Waals surface area contributed by atoms with E-state index in [4.69, 9.17) is 23.7 Å². The molecule has 0 spiro atoms. The van der Waals surface area contributed by atoms with Gasteiger partial charge in [0.15, 0.2) is 0 Å². The lowest BCUT2D eigenvalue weighted by Gasteiger charge is -2.24. The summed E-state index contributed by atoms with van der Waals surface area (Å²) < 4.78 is 27.4. The van der Waals surface area contributed by atoms with Crippen LogP contribution >= 0.6 is 34.2 Å². The highest BCUT2D eigenvalue weighted by atomic mass is 33.1. The van der Waals surface area contributed by atoms with Crippen molar-refractivity contribution in [2.75, 3.05) is 59.3 Å². The number of ether oxygens (including phenoxy) is 5. The summed E-state index contributed by atoms with van der Waals surface area (Å²) in [5.74, 6) is 0. The summed E-state index contributed by atoms with van der Waals surface area (Å²) in [7, 11) is 3.46. The number of hydrogen-bond acceptors (Lipinski definition) is 10. The van der Waals surface area contributed by atoms with Crippen molar-refractivity contribution in [3.8, 4) is 0 Å². The lowest BCUT2D eigenvalue weighted by atomic mass is 10.1. The third kappa shape index (κ3) is 25.2. The molecule has 8 nitrogen and oxygen atoms in total. The van der Waals surface area contributed by atoms with Crippen LogP contribution in [0.3, 0.4) is 0 Å². The average molecular weight is 545 g/mol. The van der Waals surface area contributed by atoms with E-state index >= 15 is 0 Å². The van der Waals surface area contributed by atoms with E-state index < -0.39 is 6.09 Å². The van der Waals surface area contributed by atoms with Crippen LogP contribution in [0.2, 0.25) is 0 Å². The van der Waals surface area contributed by atoms with E-state index in [1.807, 2.05) is 6.92 Å². The lowest BCUT2D eigenvalue weighted by molar-refractivity contribution is 0.0489.